The number of hydrogen-bond acceptors (Lipinski definition) is 2. The van der Waals surface area contributed by atoms with Gasteiger partial charge >= 0.3 is 0 Å². The van der Waals surface area contributed by atoms with E-state index in [1.54, 1.807) is 12.1 Å². The van der Waals surface area contributed by atoms with Crippen molar-refractivity contribution in [3.63, 3.8) is 0 Å². The lowest BCUT2D eigenvalue weighted by Crippen LogP contribution is -2.23. The van der Waals surface area contributed by atoms with E-state index in [0.29, 0.717) is 17.6 Å². The molecule has 1 aliphatic heterocycles. The van der Waals surface area contributed by atoms with E-state index in [4.69, 9.17) is 4.74 Å². The van der Waals surface area contributed by atoms with Crippen molar-refractivity contribution in [2.45, 2.75) is 50.5 Å². The number of phenols is 1. The fourth-order valence-corrected chi connectivity index (χ4v) is 3.84. The highest BCUT2D eigenvalue weighted by Gasteiger charge is 2.22. The fraction of sp³-hybridized carbons (Fsp3) is 0.524. The Bertz CT molecular complexity index is 515. The number of hydrogen-bond donors (Lipinski definition) is 1. The van der Waals surface area contributed by atoms with Gasteiger partial charge in [-0.15, -0.1) is 6.58 Å². The van der Waals surface area contributed by atoms with Gasteiger partial charge in [0.2, 0.25) is 0 Å². The predicted molar refractivity (Wildman–Crippen MR) is 94.6 cm³/mol. The topological polar surface area (TPSA) is 29.5 Å². The molecule has 1 heterocycles. The summed E-state index contributed by atoms with van der Waals surface area (Å²) in [6, 6.07) is 7.76. The summed E-state index contributed by atoms with van der Waals surface area (Å²) in [5, 5.41) is 9.40. The van der Waals surface area contributed by atoms with Gasteiger partial charge in [0.25, 0.3) is 0 Å². The van der Waals surface area contributed by atoms with Crippen LogP contribution in [0.15, 0.2) is 49.1 Å². The van der Waals surface area contributed by atoms with E-state index in [0.717, 1.165) is 18.9 Å². The summed E-state index contributed by atoms with van der Waals surface area (Å²) in [5.74, 6) is 2.33. The van der Waals surface area contributed by atoms with E-state index in [9.17, 15) is 5.11 Å². The number of allylic oxidation sites excluding steroid dienone is 1. The van der Waals surface area contributed by atoms with Crippen LogP contribution in [-0.2, 0) is 4.74 Å². The second-order valence-electron chi connectivity index (χ2n) is 7.03. The highest BCUT2D eigenvalue weighted by molar-refractivity contribution is 5.28. The Hall–Kier alpha value is -1.54. The molecular weight excluding hydrogens is 284 g/mol. The van der Waals surface area contributed by atoms with E-state index < -0.39 is 0 Å². The van der Waals surface area contributed by atoms with Crippen molar-refractivity contribution in [2.24, 2.45) is 11.8 Å². The van der Waals surface area contributed by atoms with Crippen LogP contribution < -0.4 is 0 Å². The summed E-state index contributed by atoms with van der Waals surface area (Å²) >= 11 is 0. The van der Waals surface area contributed by atoms with Crippen LogP contribution in [0.1, 0.15) is 50.0 Å². The van der Waals surface area contributed by atoms with Crippen molar-refractivity contribution in [1.29, 1.82) is 0 Å². The Labute approximate surface area is 139 Å². The maximum Gasteiger partial charge on any atom is 0.115 e. The van der Waals surface area contributed by atoms with E-state index in [-0.39, 0.29) is 6.10 Å². The van der Waals surface area contributed by atoms with Crippen LogP contribution in [0, 0.1) is 11.8 Å². The summed E-state index contributed by atoms with van der Waals surface area (Å²) in [6.45, 7) is 4.65. The van der Waals surface area contributed by atoms with E-state index >= 15 is 0 Å². The van der Waals surface area contributed by atoms with Crippen molar-refractivity contribution in [1.82, 2.24) is 0 Å². The molecule has 23 heavy (non-hydrogen) atoms. The molecule has 2 heteroatoms. The normalized spacial score (nSPS) is 32.0. The summed E-state index contributed by atoms with van der Waals surface area (Å²) in [5.41, 5.74) is 1.38. The van der Waals surface area contributed by atoms with Gasteiger partial charge in [0.05, 0.1) is 12.7 Å². The largest absolute Gasteiger partial charge is 0.508 e. The smallest absolute Gasteiger partial charge is 0.115 e. The lowest BCUT2D eigenvalue weighted by molar-refractivity contribution is 0.0245. The first-order valence-corrected chi connectivity index (χ1v) is 8.96. The Balaban J connectivity index is 1.45. The van der Waals surface area contributed by atoms with Gasteiger partial charge in [-0.25, -0.2) is 0 Å². The maximum atomic E-state index is 9.40. The average Bonchev–Trinajstić information content (AvgIpc) is 2.61. The molecule has 2 fully saturated rings. The third kappa shape index (κ3) is 4.48. The molecule has 2 nitrogen and oxygen atoms in total. The molecule has 124 valence electrons. The molecule has 2 unspecified atom stereocenters. The van der Waals surface area contributed by atoms with Crippen molar-refractivity contribution in [3.8, 4) is 5.75 Å². The molecule has 1 aromatic carbocycles. The lowest BCUT2D eigenvalue weighted by atomic mass is 9.78. The molecule has 3 rings (SSSR count). The van der Waals surface area contributed by atoms with Crippen LogP contribution in [0.4, 0.5) is 0 Å². The monoisotopic (exact) mass is 312 g/mol. The molecule has 0 aromatic heterocycles. The molecule has 1 saturated heterocycles. The van der Waals surface area contributed by atoms with Crippen LogP contribution in [0.2, 0.25) is 0 Å². The molecule has 2 aliphatic rings. The van der Waals surface area contributed by atoms with Crippen LogP contribution in [0.3, 0.4) is 0 Å². The quantitative estimate of drug-likeness (QED) is 0.774. The van der Waals surface area contributed by atoms with Crippen LogP contribution in [0.5, 0.6) is 5.75 Å². The zero-order valence-electron chi connectivity index (χ0n) is 13.9. The lowest BCUT2D eigenvalue weighted by Gasteiger charge is -2.28. The Morgan fingerprint density at radius 2 is 1.57 bits per heavy atom. The molecule has 1 N–H and O–H groups in total. The molecule has 1 aliphatic carbocycles. The predicted octanol–water partition coefficient (Wildman–Crippen LogP) is 5.20. The van der Waals surface area contributed by atoms with Crippen LogP contribution in [-0.4, -0.2) is 17.8 Å². The van der Waals surface area contributed by atoms with Crippen LogP contribution >= 0.6 is 0 Å². The second-order valence-corrected chi connectivity index (χ2v) is 7.03. The van der Waals surface area contributed by atoms with E-state index in [1.165, 1.54) is 37.7 Å². The molecule has 0 radical (unpaired) electrons. The second kappa shape index (κ2) is 7.83. The van der Waals surface area contributed by atoms with Gasteiger partial charge in [-0.2, -0.15) is 0 Å². The number of ether oxygens (including phenoxy) is 1. The van der Waals surface area contributed by atoms with Gasteiger partial charge in [-0.1, -0.05) is 30.4 Å². The number of phenolic OH excluding ortho intramolecular Hbond substituents is 1. The van der Waals surface area contributed by atoms with Crippen molar-refractivity contribution in [2.75, 3.05) is 6.61 Å². The minimum absolute atomic E-state index is 0.264. The third-order valence-electron chi connectivity index (χ3n) is 5.40. The molecule has 0 spiro atoms. The van der Waals surface area contributed by atoms with Crippen molar-refractivity contribution >= 4 is 0 Å². The highest BCUT2D eigenvalue weighted by atomic mass is 16.5. The first kappa shape index (κ1) is 16.3. The fourth-order valence-electron chi connectivity index (χ4n) is 3.84. The average molecular weight is 312 g/mol. The standard InChI is InChI=1S/C21H28O2/c1-2-21-14-7-17(15-23-21)4-3-16-5-8-18(9-6-16)19-10-12-20(22)13-11-19/h2-4,10-13,16-18,21-22H,1,5-9,14-15H2/b4-3+. The van der Waals surface area contributed by atoms with Gasteiger partial charge in [0, 0.05) is 5.92 Å². The SMILES string of the molecule is C=CC1CCC(/C=C/C2CCC(c3ccc(O)cc3)CC2)CO1. The summed E-state index contributed by atoms with van der Waals surface area (Å²) in [7, 11) is 0. The van der Waals surface area contributed by atoms with Crippen molar-refractivity contribution in [3.05, 3.63) is 54.6 Å². The third-order valence-corrected chi connectivity index (χ3v) is 5.40. The summed E-state index contributed by atoms with van der Waals surface area (Å²) < 4.78 is 5.77. The van der Waals surface area contributed by atoms with E-state index in [2.05, 4.69) is 30.9 Å². The van der Waals surface area contributed by atoms with Gasteiger partial charge in [-0.3, -0.25) is 0 Å². The molecule has 1 aromatic rings. The zero-order chi connectivity index (χ0) is 16.1. The molecule has 0 bridgehead atoms. The van der Waals surface area contributed by atoms with Gasteiger partial charge in [0.15, 0.2) is 0 Å². The van der Waals surface area contributed by atoms with Crippen LogP contribution in [0.25, 0.3) is 0 Å². The Morgan fingerprint density at radius 3 is 2.17 bits per heavy atom. The molecule has 0 amide bonds. The summed E-state index contributed by atoms with van der Waals surface area (Å²) in [6.07, 6.45) is 14.4. The number of benzene rings is 1. The molecule has 2 atom stereocenters. The van der Waals surface area contributed by atoms with Gasteiger partial charge < -0.3 is 9.84 Å². The summed E-state index contributed by atoms with van der Waals surface area (Å²) in [4.78, 5) is 0. The highest BCUT2D eigenvalue weighted by Crippen LogP contribution is 2.37. The number of rotatable bonds is 4. The Kier molecular flexibility index (Phi) is 5.56. The maximum absolute atomic E-state index is 9.40. The minimum atomic E-state index is 0.264. The first-order valence-electron chi connectivity index (χ1n) is 8.96. The van der Waals surface area contributed by atoms with Gasteiger partial charge in [-0.05, 0) is 68.1 Å². The minimum Gasteiger partial charge on any atom is -0.508 e. The van der Waals surface area contributed by atoms with Gasteiger partial charge in [0.1, 0.15) is 5.75 Å². The first-order chi connectivity index (χ1) is 11.2. The molecular formula is C21H28O2. The zero-order valence-corrected chi connectivity index (χ0v) is 13.9. The Morgan fingerprint density at radius 1 is 0.913 bits per heavy atom. The van der Waals surface area contributed by atoms with Crippen molar-refractivity contribution < 1.29 is 9.84 Å². The van der Waals surface area contributed by atoms with E-state index in [1.807, 2.05) is 6.08 Å². The molecule has 1 saturated carbocycles. The number of aromatic hydroxyl groups is 1.